The van der Waals surface area contributed by atoms with Gasteiger partial charge in [0.05, 0.1) is 11.1 Å². The fourth-order valence-corrected chi connectivity index (χ4v) is 3.12. The molecule has 0 fully saturated rings. The summed E-state index contributed by atoms with van der Waals surface area (Å²) in [6, 6.07) is 10.9. The molecule has 0 unspecified atom stereocenters. The SMILES string of the molecule is O=C(Oc1ccc(N(CCBr)CCBr)cc1)c1ccc(C(F)(F)F)cc1. The molecule has 0 aliphatic heterocycles. The van der Waals surface area contributed by atoms with E-state index in [1.54, 1.807) is 12.1 Å². The molecule has 0 bridgehead atoms. The molecule has 0 aliphatic rings. The van der Waals surface area contributed by atoms with Crippen molar-refractivity contribution in [3.05, 3.63) is 59.7 Å². The van der Waals surface area contributed by atoms with Crippen molar-refractivity contribution in [2.24, 2.45) is 0 Å². The van der Waals surface area contributed by atoms with Gasteiger partial charge in [0.2, 0.25) is 0 Å². The minimum Gasteiger partial charge on any atom is -0.423 e. The second-order valence-electron chi connectivity index (χ2n) is 5.32. The van der Waals surface area contributed by atoms with Crippen molar-refractivity contribution >= 4 is 43.5 Å². The van der Waals surface area contributed by atoms with Crippen LogP contribution in [0.1, 0.15) is 15.9 Å². The maximum Gasteiger partial charge on any atom is 0.416 e. The molecule has 0 N–H and O–H groups in total. The van der Waals surface area contributed by atoms with Crippen molar-refractivity contribution in [2.45, 2.75) is 6.18 Å². The van der Waals surface area contributed by atoms with Crippen molar-refractivity contribution in [1.29, 1.82) is 0 Å². The summed E-state index contributed by atoms with van der Waals surface area (Å²) in [6.07, 6.45) is -4.44. The number of ether oxygens (including phenoxy) is 1. The highest BCUT2D eigenvalue weighted by Gasteiger charge is 2.30. The Labute approximate surface area is 166 Å². The van der Waals surface area contributed by atoms with Crippen molar-refractivity contribution < 1.29 is 22.7 Å². The monoisotopic (exact) mass is 493 g/mol. The van der Waals surface area contributed by atoms with Crippen molar-refractivity contribution in [3.8, 4) is 5.75 Å². The number of rotatable bonds is 7. The van der Waals surface area contributed by atoms with Gasteiger partial charge < -0.3 is 9.64 Å². The molecular weight excluding hydrogens is 479 g/mol. The number of carbonyl (C=O) groups is 1. The largest absolute Gasteiger partial charge is 0.423 e. The number of halogens is 5. The van der Waals surface area contributed by atoms with Gasteiger partial charge >= 0.3 is 12.1 Å². The van der Waals surface area contributed by atoms with E-state index < -0.39 is 17.7 Å². The van der Waals surface area contributed by atoms with Gasteiger partial charge in [-0.3, -0.25) is 0 Å². The molecule has 2 aromatic rings. The Balaban J connectivity index is 2.05. The topological polar surface area (TPSA) is 29.5 Å². The first-order chi connectivity index (χ1) is 12.3. The van der Waals surface area contributed by atoms with Crippen LogP contribution in [0, 0.1) is 0 Å². The first-order valence-electron chi connectivity index (χ1n) is 7.71. The van der Waals surface area contributed by atoms with E-state index in [-0.39, 0.29) is 5.56 Å². The average molecular weight is 495 g/mol. The molecule has 8 heteroatoms. The van der Waals surface area contributed by atoms with E-state index in [0.29, 0.717) is 5.75 Å². The van der Waals surface area contributed by atoms with Crippen LogP contribution in [0.2, 0.25) is 0 Å². The van der Waals surface area contributed by atoms with Gasteiger partial charge in [-0.05, 0) is 48.5 Å². The lowest BCUT2D eigenvalue weighted by Gasteiger charge is -2.23. The Morgan fingerprint density at radius 1 is 0.923 bits per heavy atom. The van der Waals surface area contributed by atoms with Gasteiger partial charge in [-0.25, -0.2) is 4.79 Å². The molecule has 26 heavy (non-hydrogen) atoms. The molecule has 0 spiro atoms. The molecule has 3 nitrogen and oxygen atoms in total. The van der Waals surface area contributed by atoms with Crippen LogP contribution in [-0.2, 0) is 6.18 Å². The van der Waals surface area contributed by atoms with E-state index in [4.69, 9.17) is 4.74 Å². The van der Waals surface area contributed by atoms with Crippen LogP contribution in [0.25, 0.3) is 0 Å². The Morgan fingerprint density at radius 3 is 1.92 bits per heavy atom. The summed E-state index contributed by atoms with van der Waals surface area (Å²) in [6.45, 7) is 1.66. The summed E-state index contributed by atoms with van der Waals surface area (Å²) in [7, 11) is 0. The highest BCUT2D eigenvalue weighted by atomic mass is 79.9. The maximum atomic E-state index is 12.6. The van der Waals surface area contributed by atoms with Crippen LogP contribution in [-0.4, -0.2) is 29.7 Å². The van der Waals surface area contributed by atoms with Crippen LogP contribution in [0.5, 0.6) is 5.75 Å². The zero-order valence-corrected chi connectivity index (χ0v) is 16.8. The highest BCUT2D eigenvalue weighted by Crippen LogP contribution is 2.29. The zero-order chi connectivity index (χ0) is 19.2. The minimum absolute atomic E-state index is 0.0577. The Kier molecular flexibility index (Phi) is 7.52. The van der Waals surface area contributed by atoms with Crippen molar-refractivity contribution in [1.82, 2.24) is 0 Å². The van der Waals surface area contributed by atoms with Gasteiger partial charge in [0, 0.05) is 29.4 Å². The van der Waals surface area contributed by atoms with Gasteiger partial charge in [0.15, 0.2) is 0 Å². The second kappa shape index (κ2) is 9.41. The summed E-state index contributed by atoms with van der Waals surface area (Å²) in [4.78, 5) is 14.2. The highest BCUT2D eigenvalue weighted by molar-refractivity contribution is 9.09. The van der Waals surface area contributed by atoms with E-state index in [1.807, 2.05) is 12.1 Å². The number of benzene rings is 2. The molecule has 0 saturated carbocycles. The standard InChI is InChI=1S/C18H16Br2F3NO2/c19-9-11-24(12-10-20)15-5-7-16(8-6-15)26-17(25)13-1-3-14(4-2-13)18(21,22)23/h1-8H,9-12H2. The molecule has 0 atom stereocenters. The molecule has 0 heterocycles. The predicted molar refractivity (Wildman–Crippen MR) is 103 cm³/mol. The fourth-order valence-electron chi connectivity index (χ4n) is 2.26. The first kappa shape index (κ1) is 20.8. The minimum atomic E-state index is -4.44. The molecule has 0 aromatic heterocycles. The summed E-state index contributed by atoms with van der Waals surface area (Å²) in [5.74, 6) is -0.375. The van der Waals surface area contributed by atoms with Crippen LogP contribution < -0.4 is 9.64 Å². The van der Waals surface area contributed by atoms with E-state index in [1.165, 1.54) is 0 Å². The summed E-state index contributed by atoms with van der Waals surface area (Å²) < 4.78 is 42.9. The summed E-state index contributed by atoms with van der Waals surface area (Å²) >= 11 is 6.82. The predicted octanol–water partition coefficient (Wildman–Crippen LogP) is 5.52. The third-order valence-corrected chi connectivity index (χ3v) is 4.28. The first-order valence-corrected chi connectivity index (χ1v) is 9.96. The smallest absolute Gasteiger partial charge is 0.416 e. The second-order valence-corrected chi connectivity index (χ2v) is 6.91. The molecule has 2 rings (SSSR count). The Bertz CT molecular complexity index is 713. The normalized spacial score (nSPS) is 11.3. The van der Waals surface area contributed by atoms with E-state index in [2.05, 4.69) is 36.8 Å². The number of hydrogen-bond acceptors (Lipinski definition) is 3. The van der Waals surface area contributed by atoms with Gasteiger partial charge in [-0.15, -0.1) is 0 Å². The lowest BCUT2D eigenvalue weighted by atomic mass is 10.1. The molecule has 0 aliphatic carbocycles. The number of esters is 1. The number of anilines is 1. The maximum absolute atomic E-state index is 12.6. The van der Waals surface area contributed by atoms with Crippen LogP contribution in [0.4, 0.5) is 18.9 Å². The molecule has 0 radical (unpaired) electrons. The van der Waals surface area contributed by atoms with Gasteiger partial charge in [0.25, 0.3) is 0 Å². The quantitative estimate of drug-likeness (QED) is 0.288. The van der Waals surface area contributed by atoms with Gasteiger partial charge in [-0.1, -0.05) is 31.9 Å². The molecule has 140 valence electrons. The number of nitrogens with zero attached hydrogens (tertiary/aromatic N) is 1. The molecule has 2 aromatic carbocycles. The van der Waals surface area contributed by atoms with Crippen molar-refractivity contribution in [3.63, 3.8) is 0 Å². The van der Waals surface area contributed by atoms with E-state index in [9.17, 15) is 18.0 Å². The zero-order valence-electron chi connectivity index (χ0n) is 13.6. The summed E-state index contributed by atoms with van der Waals surface area (Å²) in [5.41, 5.74) is 0.234. The fraction of sp³-hybridized carbons (Fsp3) is 0.278. The van der Waals surface area contributed by atoms with Crippen LogP contribution in [0.3, 0.4) is 0 Å². The third-order valence-electron chi connectivity index (χ3n) is 3.57. The van der Waals surface area contributed by atoms with Gasteiger partial charge in [0.1, 0.15) is 5.75 Å². The molecule has 0 amide bonds. The number of carbonyl (C=O) groups excluding carboxylic acids is 1. The lowest BCUT2D eigenvalue weighted by molar-refractivity contribution is -0.137. The molecular formula is C18H16Br2F3NO2. The third kappa shape index (κ3) is 5.74. The van der Waals surface area contributed by atoms with E-state index in [0.717, 1.165) is 53.7 Å². The van der Waals surface area contributed by atoms with Crippen molar-refractivity contribution in [2.75, 3.05) is 28.6 Å². The number of hydrogen-bond donors (Lipinski definition) is 0. The van der Waals surface area contributed by atoms with Crippen LogP contribution >= 0.6 is 31.9 Å². The van der Waals surface area contributed by atoms with Crippen LogP contribution in [0.15, 0.2) is 48.5 Å². The molecule has 0 saturated heterocycles. The Morgan fingerprint density at radius 2 is 1.46 bits per heavy atom. The lowest BCUT2D eigenvalue weighted by Crippen LogP contribution is -2.27. The average Bonchev–Trinajstić information content (AvgIpc) is 2.61. The van der Waals surface area contributed by atoms with E-state index >= 15 is 0 Å². The Hall–Kier alpha value is -1.54. The summed E-state index contributed by atoms with van der Waals surface area (Å²) in [5, 5.41) is 1.65. The van der Waals surface area contributed by atoms with Gasteiger partial charge in [-0.2, -0.15) is 13.2 Å². The number of alkyl halides is 5.